The molecule has 23 heavy (non-hydrogen) atoms. The van der Waals surface area contributed by atoms with E-state index in [1.54, 1.807) is 5.32 Å². The highest BCUT2D eigenvalue weighted by molar-refractivity contribution is 5.96. The molecule has 126 valence electrons. The van der Waals surface area contributed by atoms with Crippen molar-refractivity contribution in [1.82, 2.24) is 10.6 Å². The molecule has 0 fully saturated rings. The predicted octanol–water partition coefficient (Wildman–Crippen LogP) is 0.558. The number of alkyl halides is 3. The lowest BCUT2D eigenvalue weighted by atomic mass is 10.2. The van der Waals surface area contributed by atoms with Crippen LogP contribution in [0, 0.1) is 0 Å². The normalized spacial score (nSPS) is 10.7. The quantitative estimate of drug-likeness (QED) is 0.676. The zero-order valence-electron chi connectivity index (χ0n) is 11.6. The van der Waals surface area contributed by atoms with E-state index in [1.165, 1.54) is 24.3 Å². The van der Waals surface area contributed by atoms with Crippen molar-refractivity contribution >= 4 is 17.8 Å². The molecule has 7 nitrogen and oxygen atoms in total. The third-order valence-electron chi connectivity index (χ3n) is 2.35. The smallest absolute Gasteiger partial charge is 0.405 e. The topological polar surface area (TPSA) is 105 Å². The monoisotopic (exact) mass is 334 g/mol. The van der Waals surface area contributed by atoms with E-state index in [0.717, 1.165) is 0 Å². The summed E-state index contributed by atoms with van der Waals surface area (Å²) in [6, 6.07) is 5.47. The zero-order valence-corrected chi connectivity index (χ0v) is 11.6. The van der Waals surface area contributed by atoms with Gasteiger partial charge in [-0.05, 0) is 18.2 Å². The maximum atomic E-state index is 11.9. The molecule has 1 aromatic rings. The van der Waals surface area contributed by atoms with Gasteiger partial charge in [-0.15, -0.1) is 0 Å². The fourth-order valence-electron chi connectivity index (χ4n) is 1.40. The molecule has 0 heterocycles. The van der Waals surface area contributed by atoms with Crippen molar-refractivity contribution in [3.05, 3.63) is 29.8 Å². The number of nitrogens with one attached hydrogen (secondary N) is 2. The highest BCUT2D eigenvalue weighted by Gasteiger charge is 2.27. The molecule has 0 aromatic heterocycles. The Hall–Kier alpha value is -2.78. The number of carboxylic acids is 1. The van der Waals surface area contributed by atoms with Crippen molar-refractivity contribution in [2.45, 2.75) is 6.18 Å². The van der Waals surface area contributed by atoms with Gasteiger partial charge in [-0.1, -0.05) is 6.07 Å². The lowest BCUT2D eigenvalue weighted by Crippen LogP contribution is -2.40. The van der Waals surface area contributed by atoms with Crippen LogP contribution in [0.1, 0.15) is 10.4 Å². The van der Waals surface area contributed by atoms with Crippen LogP contribution >= 0.6 is 0 Å². The third-order valence-corrected chi connectivity index (χ3v) is 2.35. The van der Waals surface area contributed by atoms with Gasteiger partial charge in [0.15, 0.2) is 6.61 Å². The van der Waals surface area contributed by atoms with Crippen LogP contribution in [0.3, 0.4) is 0 Å². The molecule has 3 N–H and O–H groups in total. The van der Waals surface area contributed by atoms with Gasteiger partial charge in [0.2, 0.25) is 5.91 Å². The molecular weight excluding hydrogens is 321 g/mol. The summed E-state index contributed by atoms with van der Waals surface area (Å²) in [6.45, 7) is -2.71. The van der Waals surface area contributed by atoms with E-state index < -0.39 is 43.7 Å². The number of benzene rings is 1. The standard InChI is InChI=1S/C13H13F3N2O5/c14-13(15,16)7-18-10(19)5-17-12(22)8-2-1-3-9(4-8)23-6-11(20)21/h1-4H,5-7H2,(H,17,22)(H,18,19)(H,20,21). The lowest BCUT2D eigenvalue weighted by molar-refractivity contribution is -0.139. The van der Waals surface area contributed by atoms with Crippen LogP contribution in [-0.2, 0) is 9.59 Å². The van der Waals surface area contributed by atoms with Crippen molar-refractivity contribution in [2.24, 2.45) is 0 Å². The molecule has 0 aliphatic heterocycles. The van der Waals surface area contributed by atoms with E-state index >= 15 is 0 Å². The molecule has 10 heteroatoms. The van der Waals surface area contributed by atoms with Gasteiger partial charge >= 0.3 is 12.1 Å². The summed E-state index contributed by atoms with van der Waals surface area (Å²) < 4.78 is 40.6. The van der Waals surface area contributed by atoms with Gasteiger partial charge in [0.05, 0.1) is 6.54 Å². The third kappa shape index (κ3) is 7.69. The van der Waals surface area contributed by atoms with Crippen LogP contribution in [0.5, 0.6) is 5.75 Å². The molecule has 0 unspecified atom stereocenters. The minimum absolute atomic E-state index is 0.0662. The SMILES string of the molecule is O=C(O)COc1cccc(C(=O)NCC(=O)NCC(F)(F)F)c1. The van der Waals surface area contributed by atoms with Gasteiger partial charge < -0.3 is 20.5 Å². The second kappa shape index (κ2) is 8.01. The minimum atomic E-state index is -4.53. The number of carbonyl (C=O) groups excluding carboxylic acids is 2. The van der Waals surface area contributed by atoms with Crippen molar-refractivity contribution in [1.29, 1.82) is 0 Å². The molecule has 0 radical (unpaired) electrons. The second-order valence-corrected chi connectivity index (χ2v) is 4.28. The molecule has 0 saturated heterocycles. The van der Waals surface area contributed by atoms with Crippen LogP contribution in [0.25, 0.3) is 0 Å². The number of aliphatic carboxylic acids is 1. The zero-order chi connectivity index (χ0) is 17.5. The Morgan fingerprint density at radius 1 is 1.17 bits per heavy atom. The predicted molar refractivity (Wildman–Crippen MR) is 71.0 cm³/mol. The first-order chi connectivity index (χ1) is 10.7. The van der Waals surface area contributed by atoms with E-state index in [1.807, 2.05) is 0 Å². The molecule has 1 aromatic carbocycles. The first kappa shape index (κ1) is 18.3. The molecule has 0 spiro atoms. The Balaban J connectivity index is 2.50. The van der Waals surface area contributed by atoms with Crippen molar-refractivity contribution < 1.29 is 37.4 Å². The van der Waals surface area contributed by atoms with Crippen molar-refractivity contribution in [3.63, 3.8) is 0 Å². The Kier molecular flexibility index (Phi) is 6.36. The van der Waals surface area contributed by atoms with Gasteiger partial charge in [-0.25, -0.2) is 4.79 Å². The molecule has 1 rings (SSSR count). The largest absolute Gasteiger partial charge is 0.482 e. The maximum absolute atomic E-state index is 11.9. The summed E-state index contributed by atoms with van der Waals surface area (Å²) in [5.74, 6) is -2.77. The summed E-state index contributed by atoms with van der Waals surface area (Å²) >= 11 is 0. The summed E-state index contributed by atoms with van der Waals surface area (Å²) in [4.78, 5) is 33.3. The van der Waals surface area contributed by atoms with E-state index in [4.69, 9.17) is 9.84 Å². The summed E-state index contributed by atoms with van der Waals surface area (Å²) in [7, 11) is 0. The van der Waals surface area contributed by atoms with Crippen LogP contribution in [0.2, 0.25) is 0 Å². The maximum Gasteiger partial charge on any atom is 0.405 e. The molecule has 0 saturated carbocycles. The lowest BCUT2D eigenvalue weighted by Gasteiger charge is -2.09. The van der Waals surface area contributed by atoms with Gasteiger partial charge in [-0.3, -0.25) is 9.59 Å². The summed E-state index contributed by atoms with van der Waals surface area (Å²) in [5.41, 5.74) is 0.0662. The molecule has 0 bridgehead atoms. The van der Waals surface area contributed by atoms with Crippen LogP contribution in [-0.4, -0.2) is 48.8 Å². The number of ether oxygens (including phenoxy) is 1. The Bertz CT molecular complexity index is 589. The molecule has 0 aliphatic rings. The Morgan fingerprint density at radius 3 is 2.48 bits per heavy atom. The van der Waals surface area contributed by atoms with Gasteiger partial charge in [0.25, 0.3) is 5.91 Å². The fourth-order valence-corrected chi connectivity index (χ4v) is 1.40. The van der Waals surface area contributed by atoms with Crippen LogP contribution in [0.4, 0.5) is 13.2 Å². The number of rotatable bonds is 7. The number of hydrogen-bond acceptors (Lipinski definition) is 4. The van der Waals surface area contributed by atoms with Crippen molar-refractivity contribution in [3.8, 4) is 5.75 Å². The van der Waals surface area contributed by atoms with Gasteiger partial charge in [0, 0.05) is 5.56 Å². The Morgan fingerprint density at radius 2 is 1.87 bits per heavy atom. The number of carbonyl (C=O) groups is 3. The van der Waals surface area contributed by atoms with Crippen LogP contribution in [0.15, 0.2) is 24.3 Å². The van der Waals surface area contributed by atoms with Crippen molar-refractivity contribution in [2.75, 3.05) is 19.7 Å². The minimum Gasteiger partial charge on any atom is -0.482 e. The number of amides is 2. The van der Waals surface area contributed by atoms with E-state index in [0.29, 0.717) is 0 Å². The molecular formula is C13H13F3N2O5. The van der Waals surface area contributed by atoms with Crippen LogP contribution < -0.4 is 15.4 Å². The van der Waals surface area contributed by atoms with E-state index in [-0.39, 0.29) is 11.3 Å². The highest BCUT2D eigenvalue weighted by atomic mass is 19.4. The number of hydrogen-bond donors (Lipinski definition) is 3. The van der Waals surface area contributed by atoms with E-state index in [2.05, 4.69) is 5.32 Å². The summed E-state index contributed by atoms with van der Waals surface area (Å²) in [6.07, 6.45) is -4.53. The molecule has 2 amide bonds. The fraction of sp³-hybridized carbons (Fsp3) is 0.308. The molecule has 0 aliphatic carbocycles. The average molecular weight is 334 g/mol. The molecule has 0 atom stereocenters. The van der Waals surface area contributed by atoms with Gasteiger partial charge in [0.1, 0.15) is 12.3 Å². The highest BCUT2D eigenvalue weighted by Crippen LogP contribution is 2.13. The number of carboxylic acid groups (broad SMARTS) is 1. The number of halogens is 3. The Labute approximate surface area is 128 Å². The summed E-state index contributed by atoms with van der Waals surface area (Å²) in [5, 5.41) is 12.2. The first-order valence-electron chi connectivity index (χ1n) is 6.23. The second-order valence-electron chi connectivity index (χ2n) is 4.28. The average Bonchev–Trinajstić information content (AvgIpc) is 2.48. The first-order valence-corrected chi connectivity index (χ1v) is 6.23. The van der Waals surface area contributed by atoms with E-state index in [9.17, 15) is 27.6 Å². The van der Waals surface area contributed by atoms with Gasteiger partial charge in [-0.2, -0.15) is 13.2 Å².